The highest BCUT2D eigenvalue weighted by Crippen LogP contribution is 2.21. The van der Waals surface area contributed by atoms with Crippen molar-refractivity contribution in [3.05, 3.63) is 23.8 Å². The van der Waals surface area contributed by atoms with Gasteiger partial charge in [0.05, 0.1) is 12.7 Å². The van der Waals surface area contributed by atoms with Gasteiger partial charge in [0.1, 0.15) is 11.8 Å². The monoisotopic (exact) mass is 266 g/mol. The minimum Gasteiger partial charge on any atom is -0.496 e. The highest BCUT2D eigenvalue weighted by atomic mass is 16.5. The molecule has 4 N–H and O–H groups in total. The predicted molar refractivity (Wildman–Crippen MR) is 71.1 cm³/mol. The van der Waals surface area contributed by atoms with Gasteiger partial charge in [-0.2, -0.15) is 0 Å². The van der Waals surface area contributed by atoms with Gasteiger partial charge < -0.3 is 20.9 Å². The molecular weight excluding hydrogens is 248 g/mol. The van der Waals surface area contributed by atoms with E-state index in [1.807, 2.05) is 0 Å². The van der Waals surface area contributed by atoms with Gasteiger partial charge >= 0.3 is 5.97 Å². The van der Waals surface area contributed by atoms with E-state index >= 15 is 0 Å². The van der Waals surface area contributed by atoms with Crippen molar-refractivity contribution < 1.29 is 19.4 Å². The normalized spacial score (nSPS) is 12.0. The van der Waals surface area contributed by atoms with E-state index in [2.05, 4.69) is 5.32 Å². The second-order valence-electron chi connectivity index (χ2n) is 4.49. The van der Waals surface area contributed by atoms with Crippen LogP contribution in [0.15, 0.2) is 18.2 Å². The fourth-order valence-electron chi connectivity index (χ4n) is 1.63. The van der Waals surface area contributed by atoms with Crippen LogP contribution < -0.4 is 15.8 Å². The number of nitrogen functional groups attached to an aromatic ring is 1. The van der Waals surface area contributed by atoms with Crippen LogP contribution in [-0.4, -0.2) is 30.1 Å². The summed E-state index contributed by atoms with van der Waals surface area (Å²) < 4.78 is 5.06. The average molecular weight is 266 g/mol. The van der Waals surface area contributed by atoms with Crippen molar-refractivity contribution in [2.75, 3.05) is 12.8 Å². The van der Waals surface area contributed by atoms with Gasteiger partial charge in [-0.25, -0.2) is 4.79 Å². The van der Waals surface area contributed by atoms with Gasteiger partial charge in [-0.1, -0.05) is 13.8 Å². The van der Waals surface area contributed by atoms with Crippen LogP contribution in [-0.2, 0) is 4.79 Å². The Morgan fingerprint density at radius 1 is 1.37 bits per heavy atom. The van der Waals surface area contributed by atoms with Gasteiger partial charge in [0.2, 0.25) is 0 Å². The number of methoxy groups -OCH3 is 1. The molecule has 0 fully saturated rings. The summed E-state index contributed by atoms with van der Waals surface area (Å²) in [4.78, 5) is 23.1. The van der Waals surface area contributed by atoms with Gasteiger partial charge in [0, 0.05) is 11.8 Å². The molecular formula is C13H18N2O4. The molecule has 1 amide bonds. The molecule has 6 heteroatoms. The SMILES string of the molecule is COc1cc(N)ccc1C(=O)N[C@@H](C(=O)O)C(C)C. The summed E-state index contributed by atoms with van der Waals surface area (Å²) in [7, 11) is 1.42. The van der Waals surface area contributed by atoms with Crippen molar-refractivity contribution in [3.8, 4) is 5.75 Å². The maximum atomic E-state index is 12.1. The maximum absolute atomic E-state index is 12.1. The fourth-order valence-corrected chi connectivity index (χ4v) is 1.63. The molecule has 6 nitrogen and oxygen atoms in total. The molecule has 19 heavy (non-hydrogen) atoms. The van der Waals surface area contributed by atoms with Crippen LogP contribution in [0.25, 0.3) is 0 Å². The zero-order valence-corrected chi connectivity index (χ0v) is 11.1. The van der Waals surface area contributed by atoms with Crippen LogP contribution in [0.2, 0.25) is 0 Å². The van der Waals surface area contributed by atoms with Crippen LogP contribution in [0.1, 0.15) is 24.2 Å². The molecule has 0 radical (unpaired) electrons. The average Bonchev–Trinajstić information content (AvgIpc) is 2.34. The van der Waals surface area contributed by atoms with Crippen molar-refractivity contribution in [3.63, 3.8) is 0 Å². The third-order valence-corrected chi connectivity index (χ3v) is 2.69. The first-order valence-corrected chi connectivity index (χ1v) is 5.84. The minimum absolute atomic E-state index is 0.221. The van der Waals surface area contributed by atoms with E-state index in [4.69, 9.17) is 15.6 Å². The Balaban J connectivity index is 2.97. The lowest BCUT2D eigenvalue weighted by molar-refractivity contribution is -0.140. The van der Waals surface area contributed by atoms with Crippen molar-refractivity contribution >= 4 is 17.6 Å². The smallest absolute Gasteiger partial charge is 0.326 e. The molecule has 0 bridgehead atoms. The number of nitrogens with two attached hydrogens (primary N) is 1. The molecule has 0 unspecified atom stereocenters. The molecule has 1 atom stereocenters. The third kappa shape index (κ3) is 3.61. The molecule has 1 aromatic rings. The number of hydrogen-bond acceptors (Lipinski definition) is 4. The molecule has 0 heterocycles. The molecule has 0 aliphatic carbocycles. The minimum atomic E-state index is -1.07. The van der Waals surface area contributed by atoms with Crippen molar-refractivity contribution in [1.29, 1.82) is 0 Å². The molecule has 0 spiro atoms. The number of carbonyl (C=O) groups excluding carboxylic acids is 1. The molecule has 0 aliphatic rings. The number of hydrogen-bond donors (Lipinski definition) is 3. The fraction of sp³-hybridized carbons (Fsp3) is 0.385. The highest BCUT2D eigenvalue weighted by Gasteiger charge is 2.25. The highest BCUT2D eigenvalue weighted by molar-refractivity contribution is 5.99. The zero-order chi connectivity index (χ0) is 14.6. The lowest BCUT2D eigenvalue weighted by Crippen LogP contribution is -2.44. The van der Waals surface area contributed by atoms with Gasteiger partial charge in [-0.3, -0.25) is 4.79 Å². The van der Waals surface area contributed by atoms with E-state index in [0.29, 0.717) is 11.4 Å². The van der Waals surface area contributed by atoms with Gasteiger partial charge in [0.15, 0.2) is 0 Å². The lowest BCUT2D eigenvalue weighted by Gasteiger charge is -2.18. The molecule has 0 aliphatic heterocycles. The summed E-state index contributed by atoms with van der Waals surface area (Å²) in [5, 5.41) is 11.5. The second kappa shape index (κ2) is 6.08. The van der Waals surface area contributed by atoms with Gasteiger partial charge in [0.25, 0.3) is 5.91 Å². The van der Waals surface area contributed by atoms with Gasteiger partial charge in [-0.15, -0.1) is 0 Å². The topological polar surface area (TPSA) is 102 Å². The van der Waals surface area contributed by atoms with Crippen LogP contribution in [0.3, 0.4) is 0 Å². The quantitative estimate of drug-likeness (QED) is 0.693. The number of carboxylic acids is 1. The van der Waals surface area contributed by atoms with Crippen LogP contribution in [0.5, 0.6) is 5.75 Å². The van der Waals surface area contributed by atoms with E-state index in [-0.39, 0.29) is 11.5 Å². The van der Waals surface area contributed by atoms with E-state index in [9.17, 15) is 9.59 Å². The van der Waals surface area contributed by atoms with Crippen LogP contribution in [0, 0.1) is 5.92 Å². The van der Waals surface area contributed by atoms with E-state index < -0.39 is 17.9 Å². The first-order chi connectivity index (χ1) is 8.86. The van der Waals surface area contributed by atoms with Crippen molar-refractivity contribution in [2.24, 2.45) is 5.92 Å². The first-order valence-electron chi connectivity index (χ1n) is 5.84. The summed E-state index contributed by atoms with van der Waals surface area (Å²) in [6.07, 6.45) is 0. The zero-order valence-electron chi connectivity index (χ0n) is 11.1. The second-order valence-corrected chi connectivity index (χ2v) is 4.49. The summed E-state index contributed by atoms with van der Waals surface area (Å²) in [5.74, 6) is -1.48. The predicted octanol–water partition coefficient (Wildman–Crippen LogP) is 1.12. The lowest BCUT2D eigenvalue weighted by atomic mass is 10.0. The van der Waals surface area contributed by atoms with Crippen LogP contribution in [0.4, 0.5) is 5.69 Å². The Morgan fingerprint density at radius 3 is 2.47 bits per heavy atom. The van der Waals surface area contributed by atoms with E-state index in [0.717, 1.165) is 0 Å². The Kier molecular flexibility index (Phi) is 4.74. The Morgan fingerprint density at radius 2 is 2.00 bits per heavy atom. The summed E-state index contributed by atoms with van der Waals surface area (Å²) in [6, 6.07) is 3.63. The van der Waals surface area contributed by atoms with E-state index in [1.165, 1.54) is 19.2 Å². The number of carboxylic acid groups (broad SMARTS) is 1. The molecule has 0 saturated heterocycles. The number of carbonyl (C=O) groups is 2. The van der Waals surface area contributed by atoms with Crippen LogP contribution >= 0.6 is 0 Å². The molecule has 0 aromatic heterocycles. The summed E-state index contributed by atoms with van der Waals surface area (Å²) in [5.41, 5.74) is 6.31. The molecule has 104 valence electrons. The summed E-state index contributed by atoms with van der Waals surface area (Å²) in [6.45, 7) is 3.44. The standard InChI is InChI=1S/C13H18N2O4/c1-7(2)11(13(17)18)15-12(16)9-5-4-8(14)6-10(9)19-3/h4-7,11H,14H2,1-3H3,(H,15,16)(H,17,18)/t11-/m1/s1. The molecule has 1 rings (SSSR count). The Bertz CT molecular complexity index is 486. The van der Waals surface area contributed by atoms with Crippen molar-refractivity contribution in [2.45, 2.75) is 19.9 Å². The van der Waals surface area contributed by atoms with Gasteiger partial charge in [-0.05, 0) is 18.1 Å². The van der Waals surface area contributed by atoms with E-state index in [1.54, 1.807) is 19.9 Å². The number of benzene rings is 1. The maximum Gasteiger partial charge on any atom is 0.326 e. The molecule has 0 saturated carbocycles. The number of aliphatic carboxylic acids is 1. The Labute approximate surface area is 111 Å². The number of ether oxygens (including phenoxy) is 1. The first kappa shape index (κ1) is 14.8. The Hall–Kier alpha value is -2.24. The third-order valence-electron chi connectivity index (χ3n) is 2.69. The van der Waals surface area contributed by atoms with Crippen molar-refractivity contribution in [1.82, 2.24) is 5.32 Å². The molecule has 1 aromatic carbocycles. The number of amides is 1. The largest absolute Gasteiger partial charge is 0.496 e. The number of rotatable bonds is 5. The number of anilines is 1. The number of nitrogens with one attached hydrogen (secondary N) is 1. The summed E-state index contributed by atoms with van der Waals surface area (Å²) >= 11 is 0.